The van der Waals surface area contributed by atoms with Crippen molar-refractivity contribution in [1.29, 1.82) is 0 Å². The van der Waals surface area contributed by atoms with E-state index >= 15 is 0 Å². The number of carbonyl (C=O) groups is 3. The van der Waals surface area contributed by atoms with Crippen molar-refractivity contribution < 1.29 is 14.4 Å². The van der Waals surface area contributed by atoms with Crippen LogP contribution in [-0.4, -0.2) is 17.7 Å². The first-order valence-electron chi connectivity index (χ1n) is 10.7. The van der Waals surface area contributed by atoms with Gasteiger partial charge in [-0.15, -0.1) is 0 Å². The molecule has 0 saturated heterocycles. The van der Waals surface area contributed by atoms with Crippen LogP contribution in [0, 0.1) is 0 Å². The molecule has 0 unspecified atom stereocenters. The molecule has 3 amide bonds. The summed E-state index contributed by atoms with van der Waals surface area (Å²) in [4.78, 5) is 37.5. The quantitative estimate of drug-likeness (QED) is 0.218. The Balaban J connectivity index is 1.34. The highest BCUT2D eigenvalue weighted by Gasteiger charge is 2.13. The summed E-state index contributed by atoms with van der Waals surface area (Å²) < 4.78 is 0. The molecule has 0 bridgehead atoms. The maximum atomic E-state index is 12.6. The van der Waals surface area contributed by atoms with Crippen molar-refractivity contribution in [2.45, 2.75) is 0 Å². The third-order valence-corrected chi connectivity index (χ3v) is 6.25. The summed E-state index contributed by atoms with van der Waals surface area (Å²) in [6.45, 7) is 0. The van der Waals surface area contributed by atoms with Gasteiger partial charge < -0.3 is 16.0 Å². The molecule has 0 atom stereocenters. The predicted octanol–water partition coefficient (Wildman–Crippen LogP) is 8.06. The molecule has 6 nitrogen and oxygen atoms in total. The number of amides is 3. The van der Waals surface area contributed by atoms with Gasteiger partial charge in [0.2, 0.25) is 0 Å². The van der Waals surface area contributed by atoms with E-state index in [0.717, 1.165) is 0 Å². The number of rotatable bonds is 6. The lowest BCUT2D eigenvalue weighted by molar-refractivity contribution is 0.101. The Morgan fingerprint density at radius 3 is 1.19 bits per heavy atom. The third-order valence-electron chi connectivity index (χ3n) is 5.16. The Morgan fingerprint density at radius 1 is 0.459 bits per heavy atom. The zero-order valence-corrected chi connectivity index (χ0v) is 21.8. The lowest BCUT2D eigenvalue weighted by atomic mass is 10.1. The molecule has 37 heavy (non-hydrogen) atoms. The lowest BCUT2D eigenvalue weighted by Gasteiger charge is -2.10. The summed E-state index contributed by atoms with van der Waals surface area (Å²) in [7, 11) is 0. The molecular weight excluding hydrogens is 556 g/mol. The van der Waals surface area contributed by atoms with Gasteiger partial charge in [0.25, 0.3) is 17.7 Å². The molecule has 0 heterocycles. The van der Waals surface area contributed by atoms with Gasteiger partial charge in [0.1, 0.15) is 0 Å². The molecule has 0 aliphatic rings. The highest BCUT2D eigenvalue weighted by Crippen LogP contribution is 2.24. The highest BCUT2D eigenvalue weighted by atomic mass is 35.5. The molecule has 0 aliphatic heterocycles. The van der Waals surface area contributed by atoms with Crippen LogP contribution in [0.1, 0.15) is 31.1 Å². The molecule has 0 radical (unpaired) electrons. The fourth-order valence-corrected chi connectivity index (χ4v) is 4.28. The van der Waals surface area contributed by atoms with Crippen molar-refractivity contribution >= 4 is 81.2 Å². The maximum absolute atomic E-state index is 12.6. The molecule has 0 fully saturated rings. The molecule has 4 rings (SSSR count). The van der Waals surface area contributed by atoms with Crippen LogP contribution >= 0.6 is 46.4 Å². The summed E-state index contributed by atoms with van der Waals surface area (Å²) in [5, 5.41) is 9.59. The average molecular weight is 573 g/mol. The zero-order valence-electron chi connectivity index (χ0n) is 18.8. The van der Waals surface area contributed by atoms with Crippen molar-refractivity contribution in [3.05, 3.63) is 122 Å². The summed E-state index contributed by atoms with van der Waals surface area (Å²) in [6, 6.07) is 22.2. The van der Waals surface area contributed by atoms with Crippen LogP contribution in [0.5, 0.6) is 0 Å². The maximum Gasteiger partial charge on any atom is 0.257 e. The smallest absolute Gasteiger partial charge is 0.257 e. The molecule has 4 aromatic carbocycles. The first-order chi connectivity index (χ1) is 17.7. The second kappa shape index (κ2) is 11.7. The monoisotopic (exact) mass is 571 g/mol. The van der Waals surface area contributed by atoms with Crippen molar-refractivity contribution in [3.8, 4) is 0 Å². The van der Waals surface area contributed by atoms with E-state index < -0.39 is 5.91 Å². The molecular formula is C27H17Cl4N3O3. The molecule has 0 aromatic heterocycles. The topological polar surface area (TPSA) is 87.3 Å². The number of halogens is 4. The van der Waals surface area contributed by atoms with Gasteiger partial charge >= 0.3 is 0 Å². The number of hydrogen-bond acceptors (Lipinski definition) is 3. The second-order valence-corrected chi connectivity index (χ2v) is 9.45. The minimum absolute atomic E-state index is 0.236. The van der Waals surface area contributed by atoms with E-state index in [1.165, 1.54) is 24.3 Å². The fraction of sp³-hybridized carbons (Fsp3) is 0. The van der Waals surface area contributed by atoms with E-state index in [9.17, 15) is 14.4 Å². The number of nitrogens with one attached hydrogen (secondary N) is 3. The molecule has 3 N–H and O–H groups in total. The summed E-state index contributed by atoms with van der Waals surface area (Å²) in [6.07, 6.45) is 0. The van der Waals surface area contributed by atoms with Crippen molar-refractivity contribution in [2.24, 2.45) is 0 Å². The highest BCUT2D eigenvalue weighted by molar-refractivity contribution is 6.37. The van der Waals surface area contributed by atoms with Crippen LogP contribution < -0.4 is 16.0 Å². The normalized spacial score (nSPS) is 10.5. The first-order valence-corrected chi connectivity index (χ1v) is 12.2. The van der Waals surface area contributed by atoms with Gasteiger partial charge in [-0.2, -0.15) is 0 Å². The lowest BCUT2D eigenvalue weighted by Crippen LogP contribution is -2.14. The number of hydrogen-bond donors (Lipinski definition) is 3. The van der Waals surface area contributed by atoms with Crippen LogP contribution in [-0.2, 0) is 0 Å². The Hall–Kier alpha value is -3.55. The Bertz CT molecular complexity index is 1490. The van der Waals surface area contributed by atoms with E-state index in [-0.39, 0.29) is 27.4 Å². The van der Waals surface area contributed by atoms with E-state index in [1.807, 2.05) is 0 Å². The van der Waals surface area contributed by atoms with Gasteiger partial charge in [-0.3, -0.25) is 14.4 Å². The van der Waals surface area contributed by atoms with Crippen molar-refractivity contribution in [2.75, 3.05) is 16.0 Å². The van der Waals surface area contributed by atoms with Crippen LogP contribution in [0.2, 0.25) is 20.1 Å². The Morgan fingerprint density at radius 2 is 0.811 bits per heavy atom. The van der Waals surface area contributed by atoms with E-state index in [2.05, 4.69) is 16.0 Å². The van der Waals surface area contributed by atoms with Gasteiger partial charge in [-0.05, 0) is 84.9 Å². The van der Waals surface area contributed by atoms with Crippen LogP contribution in [0.25, 0.3) is 0 Å². The van der Waals surface area contributed by atoms with E-state index in [1.54, 1.807) is 60.7 Å². The number of benzene rings is 4. The SMILES string of the molecule is O=C(Nc1ccc(NC(=O)c2ccc(Cl)cc2Cl)cc1)c1ccc(NC(=O)c2ccc(Cl)cc2Cl)cc1. The summed E-state index contributed by atoms with van der Waals surface area (Å²) >= 11 is 23.9. The summed E-state index contributed by atoms with van der Waals surface area (Å²) in [5.74, 6) is -1.13. The van der Waals surface area contributed by atoms with Crippen LogP contribution in [0.15, 0.2) is 84.9 Å². The molecule has 0 saturated carbocycles. The third kappa shape index (κ3) is 6.81. The number of anilines is 3. The fourth-order valence-electron chi connectivity index (χ4n) is 3.29. The van der Waals surface area contributed by atoms with E-state index in [0.29, 0.717) is 38.2 Å². The molecule has 0 spiro atoms. The van der Waals surface area contributed by atoms with Gasteiger partial charge in [0, 0.05) is 32.7 Å². The summed E-state index contributed by atoms with van der Waals surface area (Å²) in [5.41, 5.74) is 2.51. The number of carbonyl (C=O) groups excluding carboxylic acids is 3. The first kappa shape index (κ1) is 26.5. The second-order valence-electron chi connectivity index (χ2n) is 7.77. The van der Waals surface area contributed by atoms with Gasteiger partial charge in [0.15, 0.2) is 0 Å². The Labute approximate surface area is 232 Å². The minimum atomic E-state index is -0.399. The van der Waals surface area contributed by atoms with Gasteiger partial charge in [0.05, 0.1) is 21.2 Å². The standard InChI is InChI=1S/C27H17Cl4N3O3/c28-16-3-11-21(23(30)13-16)26(36)33-18-5-1-15(2-6-18)25(35)32-19-7-9-20(10-8-19)34-27(37)22-12-4-17(29)14-24(22)31/h1-14H,(H,32,35)(H,33,36)(H,34,37). The van der Waals surface area contributed by atoms with Crippen LogP contribution in [0.4, 0.5) is 17.1 Å². The van der Waals surface area contributed by atoms with Gasteiger partial charge in [-0.25, -0.2) is 0 Å². The molecule has 186 valence electrons. The molecule has 10 heteroatoms. The average Bonchev–Trinajstić information content (AvgIpc) is 2.85. The zero-order chi connectivity index (χ0) is 26.5. The predicted molar refractivity (Wildman–Crippen MR) is 150 cm³/mol. The Kier molecular flexibility index (Phi) is 8.36. The largest absolute Gasteiger partial charge is 0.322 e. The molecule has 4 aromatic rings. The van der Waals surface area contributed by atoms with Gasteiger partial charge in [-0.1, -0.05) is 46.4 Å². The minimum Gasteiger partial charge on any atom is -0.322 e. The van der Waals surface area contributed by atoms with Crippen molar-refractivity contribution in [1.82, 2.24) is 0 Å². The molecule has 0 aliphatic carbocycles. The van der Waals surface area contributed by atoms with Crippen LogP contribution in [0.3, 0.4) is 0 Å². The van der Waals surface area contributed by atoms with E-state index in [4.69, 9.17) is 46.4 Å². The van der Waals surface area contributed by atoms with Crippen molar-refractivity contribution in [3.63, 3.8) is 0 Å².